The number of benzene rings is 1. The van der Waals surface area contributed by atoms with Crippen molar-refractivity contribution < 1.29 is 14.1 Å². The monoisotopic (exact) mass is 370 g/mol. The van der Waals surface area contributed by atoms with E-state index in [4.69, 9.17) is 9.26 Å². The predicted molar refractivity (Wildman–Crippen MR) is 98.6 cm³/mol. The van der Waals surface area contributed by atoms with Crippen molar-refractivity contribution in [1.82, 2.24) is 15.0 Å². The van der Waals surface area contributed by atoms with Gasteiger partial charge >= 0.3 is 6.03 Å². The van der Waals surface area contributed by atoms with E-state index in [1.165, 1.54) is 0 Å². The molecule has 26 heavy (non-hydrogen) atoms. The number of carbonyl (C=O) groups excluding carboxylic acids is 1. The number of urea groups is 1. The summed E-state index contributed by atoms with van der Waals surface area (Å²) < 4.78 is 10.7. The first-order valence-electron chi connectivity index (χ1n) is 8.38. The van der Waals surface area contributed by atoms with Gasteiger partial charge in [0.25, 0.3) is 0 Å². The van der Waals surface area contributed by atoms with Gasteiger partial charge in [-0.15, -0.1) is 0 Å². The average molecular weight is 370 g/mol. The van der Waals surface area contributed by atoms with Crippen molar-refractivity contribution in [2.24, 2.45) is 0 Å². The highest BCUT2D eigenvalue weighted by Gasteiger charge is 2.35. The lowest BCUT2D eigenvalue weighted by atomic mass is 10.0. The van der Waals surface area contributed by atoms with Gasteiger partial charge in [0.2, 0.25) is 11.7 Å². The van der Waals surface area contributed by atoms with E-state index in [9.17, 15) is 4.79 Å². The van der Waals surface area contributed by atoms with Crippen LogP contribution in [-0.2, 0) is 0 Å². The third kappa shape index (κ3) is 3.41. The van der Waals surface area contributed by atoms with Gasteiger partial charge in [-0.2, -0.15) is 16.3 Å². The zero-order valence-corrected chi connectivity index (χ0v) is 15.0. The molecule has 0 saturated carbocycles. The van der Waals surface area contributed by atoms with Crippen LogP contribution < -0.4 is 10.1 Å². The summed E-state index contributed by atoms with van der Waals surface area (Å²) in [5, 5.41) is 10.8. The molecule has 2 aromatic heterocycles. The van der Waals surface area contributed by atoms with Gasteiger partial charge in [0, 0.05) is 29.7 Å². The number of carbonyl (C=O) groups is 1. The fourth-order valence-electron chi connectivity index (χ4n) is 2.71. The van der Waals surface area contributed by atoms with E-state index in [-0.39, 0.29) is 11.9 Å². The van der Waals surface area contributed by atoms with Gasteiger partial charge < -0.3 is 19.5 Å². The first-order chi connectivity index (χ1) is 12.7. The molecule has 1 aromatic carbocycles. The van der Waals surface area contributed by atoms with Crippen molar-refractivity contribution in [3.8, 4) is 17.1 Å². The van der Waals surface area contributed by atoms with Crippen LogP contribution in [0.4, 0.5) is 10.5 Å². The third-order valence-electron chi connectivity index (χ3n) is 4.16. The predicted octanol–water partition coefficient (Wildman–Crippen LogP) is 3.83. The van der Waals surface area contributed by atoms with Crippen molar-refractivity contribution in [3.05, 3.63) is 47.0 Å². The molecule has 3 aromatic rings. The molecule has 0 radical (unpaired) electrons. The summed E-state index contributed by atoms with van der Waals surface area (Å²) in [4.78, 5) is 18.4. The highest BCUT2D eigenvalue weighted by atomic mass is 32.1. The Kier molecular flexibility index (Phi) is 4.57. The number of ether oxygens (including phenoxy) is 1. The van der Waals surface area contributed by atoms with Gasteiger partial charge in [-0.1, -0.05) is 5.16 Å². The Balaban J connectivity index is 1.31. The number of anilines is 1. The SMILES string of the molecule is CCOc1ccc(NC(=O)N2CC(c3nc(-c4ccsc4)no3)C2)cc1. The molecular weight excluding hydrogens is 352 g/mol. The van der Waals surface area contributed by atoms with Gasteiger partial charge in [0.15, 0.2) is 0 Å². The first kappa shape index (κ1) is 16.6. The Hall–Kier alpha value is -2.87. The molecule has 1 aliphatic rings. The van der Waals surface area contributed by atoms with Crippen molar-refractivity contribution >= 4 is 23.1 Å². The van der Waals surface area contributed by atoms with Crippen molar-refractivity contribution in [2.45, 2.75) is 12.8 Å². The second-order valence-corrected chi connectivity index (χ2v) is 6.74. The van der Waals surface area contributed by atoms with E-state index in [2.05, 4.69) is 15.5 Å². The molecule has 7 nitrogen and oxygen atoms in total. The number of amides is 2. The maximum Gasteiger partial charge on any atom is 0.321 e. The molecule has 2 amide bonds. The number of hydrogen-bond donors (Lipinski definition) is 1. The summed E-state index contributed by atoms with van der Waals surface area (Å²) in [5.74, 6) is 2.04. The van der Waals surface area contributed by atoms with Crippen LogP contribution in [0.2, 0.25) is 0 Å². The highest BCUT2D eigenvalue weighted by molar-refractivity contribution is 7.08. The quantitative estimate of drug-likeness (QED) is 0.738. The smallest absolute Gasteiger partial charge is 0.321 e. The molecule has 0 spiro atoms. The first-order valence-corrected chi connectivity index (χ1v) is 9.32. The van der Waals surface area contributed by atoms with Gasteiger partial charge in [-0.25, -0.2) is 4.79 Å². The molecule has 8 heteroatoms. The molecule has 134 valence electrons. The minimum Gasteiger partial charge on any atom is -0.494 e. The van der Waals surface area contributed by atoms with Crippen molar-refractivity contribution in [3.63, 3.8) is 0 Å². The summed E-state index contributed by atoms with van der Waals surface area (Å²) >= 11 is 1.59. The van der Waals surface area contributed by atoms with E-state index in [1.807, 2.05) is 48.0 Å². The largest absolute Gasteiger partial charge is 0.494 e. The van der Waals surface area contributed by atoms with Crippen molar-refractivity contribution in [2.75, 3.05) is 25.0 Å². The molecule has 0 bridgehead atoms. The van der Waals surface area contributed by atoms with Crippen LogP contribution in [0.25, 0.3) is 11.4 Å². The molecule has 3 heterocycles. The number of nitrogens with zero attached hydrogens (tertiary/aromatic N) is 3. The number of rotatable bonds is 5. The van der Waals surface area contributed by atoms with E-state index in [0.717, 1.165) is 17.0 Å². The van der Waals surface area contributed by atoms with Crippen LogP contribution in [0, 0.1) is 0 Å². The number of likely N-dealkylation sites (tertiary alicyclic amines) is 1. The minimum absolute atomic E-state index is 0.0842. The molecule has 4 rings (SSSR count). The lowest BCUT2D eigenvalue weighted by Gasteiger charge is -2.36. The van der Waals surface area contributed by atoms with Crippen LogP contribution in [0.1, 0.15) is 18.7 Å². The minimum atomic E-state index is -0.136. The van der Waals surface area contributed by atoms with E-state index < -0.39 is 0 Å². The van der Waals surface area contributed by atoms with Gasteiger partial charge in [-0.05, 0) is 42.6 Å². The lowest BCUT2D eigenvalue weighted by molar-refractivity contribution is 0.147. The summed E-state index contributed by atoms with van der Waals surface area (Å²) in [6, 6.07) is 9.14. The Morgan fingerprint density at radius 1 is 1.35 bits per heavy atom. The molecule has 0 unspecified atom stereocenters. The Morgan fingerprint density at radius 2 is 2.15 bits per heavy atom. The Labute approximate surface area is 154 Å². The van der Waals surface area contributed by atoms with Crippen LogP contribution in [0.5, 0.6) is 5.75 Å². The van der Waals surface area contributed by atoms with Crippen LogP contribution >= 0.6 is 11.3 Å². The Bertz CT molecular complexity index is 870. The fraction of sp³-hybridized carbons (Fsp3) is 0.278. The summed E-state index contributed by atoms with van der Waals surface area (Å²) in [6.45, 7) is 3.68. The summed E-state index contributed by atoms with van der Waals surface area (Å²) in [5.41, 5.74) is 1.69. The number of nitrogens with one attached hydrogen (secondary N) is 1. The number of thiophene rings is 1. The molecular formula is C18H18N4O3S. The zero-order valence-electron chi connectivity index (χ0n) is 14.2. The van der Waals surface area contributed by atoms with E-state index >= 15 is 0 Å². The number of aromatic nitrogens is 2. The second kappa shape index (κ2) is 7.17. The maximum atomic E-state index is 12.3. The lowest BCUT2D eigenvalue weighted by Crippen LogP contribution is -2.50. The molecule has 1 saturated heterocycles. The summed E-state index contributed by atoms with van der Waals surface area (Å²) in [7, 11) is 0. The maximum absolute atomic E-state index is 12.3. The van der Waals surface area contributed by atoms with Crippen LogP contribution in [0.3, 0.4) is 0 Å². The van der Waals surface area contributed by atoms with Gasteiger partial charge in [0.1, 0.15) is 5.75 Å². The highest BCUT2D eigenvalue weighted by Crippen LogP contribution is 2.28. The third-order valence-corrected chi connectivity index (χ3v) is 4.84. The Morgan fingerprint density at radius 3 is 2.85 bits per heavy atom. The van der Waals surface area contributed by atoms with Crippen LogP contribution in [-0.4, -0.2) is 40.8 Å². The topological polar surface area (TPSA) is 80.5 Å². The van der Waals surface area contributed by atoms with Crippen LogP contribution in [0.15, 0.2) is 45.6 Å². The molecule has 1 N–H and O–H groups in total. The molecule has 0 aliphatic carbocycles. The van der Waals surface area contributed by atoms with Gasteiger partial charge in [-0.3, -0.25) is 0 Å². The second-order valence-electron chi connectivity index (χ2n) is 5.96. The van der Waals surface area contributed by atoms with E-state index in [1.54, 1.807) is 16.2 Å². The summed E-state index contributed by atoms with van der Waals surface area (Å²) in [6.07, 6.45) is 0. The van der Waals surface area contributed by atoms with Crippen molar-refractivity contribution in [1.29, 1.82) is 0 Å². The zero-order chi connectivity index (χ0) is 17.9. The van der Waals surface area contributed by atoms with E-state index in [0.29, 0.717) is 31.4 Å². The average Bonchev–Trinajstić information content (AvgIpc) is 3.27. The molecule has 1 fully saturated rings. The van der Waals surface area contributed by atoms with Gasteiger partial charge in [0.05, 0.1) is 12.5 Å². The standard InChI is InChI=1S/C18H18N4O3S/c1-2-24-15-5-3-14(4-6-15)19-18(23)22-9-13(10-22)17-20-16(21-25-17)12-7-8-26-11-12/h3-8,11,13H,2,9-10H2,1H3,(H,19,23). The molecule has 0 atom stereocenters. The number of hydrogen-bond acceptors (Lipinski definition) is 6. The fourth-order valence-corrected chi connectivity index (χ4v) is 3.35. The normalized spacial score (nSPS) is 14.1. The molecule has 1 aliphatic heterocycles.